The molecule has 1 fully saturated rings. The van der Waals surface area contributed by atoms with Crippen molar-refractivity contribution in [1.82, 2.24) is 14.5 Å². The molecular weight excluding hydrogens is 374 g/mol. The Morgan fingerprint density at radius 1 is 1.25 bits per heavy atom. The number of halogens is 1. The highest BCUT2D eigenvalue weighted by Crippen LogP contribution is 2.43. The first-order valence-corrected chi connectivity index (χ1v) is 10.4. The number of fused-ring (bicyclic) bond motifs is 4. The second-order valence-electron chi connectivity index (χ2n) is 8.46. The van der Waals surface area contributed by atoms with Crippen LogP contribution in [0.15, 0.2) is 41.3 Å². The molecule has 0 saturated carbocycles. The van der Waals surface area contributed by atoms with Crippen molar-refractivity contribution in [2.75, 3.05) is 13.1 Å². The van der Waals surface area contributed by atoms with E-state index in [0.29, 0.717) is 35.6 Å². The summed E-state index contributed by atoms with van der Waals surface area (Å²) in [7, 11) is 0. The molecule has 1 saturated heterocycles. The van der Waals surface area contributed by atoms with Crippen LogP contribution in [0.5, 0.6) is 0 Å². The van der Waals surface area contributed by atoms with Crippen molar-refractivity contribution in [3.63, 3.8) is 0 Å². The van der Waals surface area contributed by atoms with E-state index in [0.717, 1.165) is 25.0 Å². The minimum atomic E-state index is -0.0549. The summed E-state index contributed by atoms with van der Waals surface area (Å²) in [5, 5.41) is 0.522. The third kappa shape index (κ3) is 3.60. The molecule has 4 heterocycles. The normalized spacial score (nSPS) is 23.6. The van der Waals surface area contributed by atoms with Gasteiger partial charge in [0.1, 0.15) is 5.69 Å². The number of aromatic nitrogens is 2. The molecule has 0 aromatic carbocycles. The van der Waals surface area contributed by atoms with E-state index in [9.17, 15) is 9.59 Å². The van der Waals surface area contributed by atoms with Gasteiger partial charge < -0.3 is 9.47 Å². The molecule has 0 radical (unpaired) electrons. The molecule has 5 nitrogen and oxygen atoms in total. The highest BCUT2D eigenvalue weighted by molar-refractivity contribution is 6.30. The Hall–Kier alpha value is -2.14. The monoisotopic (exact) mass is 399 g/mol. The van der Waals surface area contributed by atoms with Crippen molar-refractivity contribution in [3.05, 3.63) is 63.3 Å². The van der Waals surface area contributed by atoms with Crippen molar-refractivity contribution >= 4 is 17.5 Å². The number of hydrogen-bond acceptors (Lipinski definition) is 3. The maximum atomic E-state index is 13.0. The van der Waals surface area contributed by atoms with Gasteiger partial charge in [0.2, 0.25) is 0 Å². The molecule has 2 aromatic rings. The molecule has 28 heavy (non-hydrogen) atoms. The fourth-order valence-corrected chi connectivity index (χ4v) is 4.86. The lowest BCUT2D eigenvalue weighted by molar-refractivity contribution is 0.0508. The molecule has 4 rings (SSSR count). The van der Waals surface area contributed by atoms with Crippen LogP contribution >= 0.6 is 11.6 Å². The van der Waals surface area contributed by atoms with E-state index in [4.69, 9.17) is 11.6 Å². The summed E-state index contributed by atoms with van der Waals surface area (Å²) in [4.78, 5) is 31.8. The van der Waals surface area contributed by atoms with Gasteiger partial charge in [-0.05, 0) is 49.3 Å². The number of amides is 1. The second-order valence-corrected chi connectivity index (χ2v) is 8.90. The summed E-state index contributed by atoms with van der Waals surface area (Å²) in [5.41, 5.74) is 1.58. The van der Waals surface area contributed by atoms with Gasteiger partial charge in [0.15, 0.2) is 0 Å². The minimum Gasteiger partial charge on any atom is -0.336 e. The molecule has 148 valence electrons. The Kier molecular flexibility index (Phi) is 5.28. The molecule has 2 aromatic heterocycles. The first-order valence-electron chi connectivity index (χ1n) is 10.1. The first kappa shape index (κ1) is 19.2. The van der Waals surface area contributed by atoms with E-state index >= 15 is 0 Å². The van der Waals surface area contributed by atoms with Crippen LogP contribution in [0.4, 0.5) is 0 Å². The van der Waals surface area contributed by atoms with Gasteiger partial charge in [-0.1, -0.05) is 31.5 Å². The molecule has 6 heteroatoms. The second kappa shape index (κ2) is 7.70. The molecule has 0 aliphatic carbocycles. The average Bonchev–Trinajstić information content (AvgIpc) is 2.68. The summed E-state index contributed by atoms with van der Waals surface area (Å²) < 4.78 is 2.02. The Balaban J connectivity index is 1.65. The van der Waals surface area contributed by atoms with E-state index in [1.807, 2.05) is 15.5 Å². The van der Waals surface area contributed by atoms with Crippen LogP contribution in [-0.2, 0) is 0 Å². The molecule has 0 N–H and O–H groups in total. The summed E-state index contributed by atoms with van der Waals surface area (Å²) >= 11 is 5.91. The summed E-state index contributed by atoms with van der Waals surface area (Å²) in [5.74, 6) is 1.02. The standard InChI is InChI=1S/C22H26ClN3O2/c1-14(2)6-9-20-16-10-15(19-4-3-5-21(27)26(19)20)12-25(13-16)22(28)18-8-7-17(23)11-24-18/h3-5,7-8,11,14-16,20H,6,9-10,12-13H2,1-2H3/t15-,16+,20+/m1/s1. The Morgan fingerprint density at radius 3 is 2.79 bits per heavy atom. The maximum absolute atomic E-state index is 13.0. The van der Waals surface area contributed by atoms with Gasteiger partial charge >= 0.3 is 0 Å². The fourth-order valence-electron chi connectivity index (χ4n) is 4.75. The number of rotatable bonds is 4. The highest BCUT2D eigenvalue weighted by atomic mass is 35.5. The fraction of sp³-hybridized carbons (Fsp3) is 0.500. The number of nitrogens with zero attached hydrogens (tertiary/aromatic N) is 3. The zero-order valence-electron chi connectivity index (χ0n) is 16.3. The Labute approximate surface area is 170 Å². The first-order chi connectivity index (χ1) is 13.4. The van der Waals surface area contributed by atoms with Crippen molar-refractivity contribution < 1.29 is 4.79 Å². The summed E-state index contributed by atoms with van der Waals surface area (Å²) in [6.07, 6.45) is 4.58. The number of hydrogen-bond donors (Lipinski definition) is 0. The van der Waals surface area contributed by atoms with Gasteiger partial charge in [-0.25, -0.2) is 4.98 Å². The minimum absolute atomic E-state index is 0.0549. The van der Waals surface area contributed by atoms with Crippen LogP contribution in [0.3, 0.4) is 0 Å². The van der Waals surface area contributed by atoms with Crippen molar-refractivity contribution in [1.29, 1.82) is 0 Å². The Bertz CT molecular complexity index is 922. The number of likely N-dealkylation sites (tertiary alicyclic amines) is 1. The molecule has 2 aliphatic heterocycles. The van der Waals surface area contributed by atoms with Crippen LogP contribution < -0.4 is 5.56 Å². The summed E-state index contributed by atoms with van der Waals surface area (Å²) in [6.45, 7) is 5.72. The summed E-state index contributed by atoms with van der Waals surface area (Å²) in [6, 6.07) is 9.09. The van der Waals surface area contributed by atoms with Crippen LogP contribution in [0.25, 0.3) is 0 Å². The van der Waals surface area contributed by atoms with Crippen LogP contribution in [0, 0.1) is 11.8 Å². The van der Waals surface area contributed by atoms with E-state index in [1.165, 1.54) is 6.20 Å². The third-order valence-corrected chi connectivity index (χ3v) is 6.30. The van der Waals surface area contributed by atoms with Gasteiger partial charge in [-0.3, -0.25) is 9.59 Å². The molecule has 2 bridgehead atoms. The van der Waals surface area contributed by atoms with Crippen LogP contribution in [-0.4, -0.2) is 33.4 Å². The third-order valence-electron chi connectivity index (χ3n) is 6.07. The zero-order valence-corrected chi connectivity index (χ0v) is 17.1. The number of piperidine rings is 1. The Morgan fingerprint density at radius 2 is 2.07 bits per heavy atom. The van der Waals surface area contributed by atoms with Gasteiger partial charge in [-0.2, -0.15) is 0 Å². The topological polar surface area (TPSA) is 55.2 Å². The predicted octanol–water partition coefficient (Wildman–Crippen LogP) is 4.13. The van der Waals surface area contributed by atoms with Gasteiger partial charge in [0.25, 0.3) is 11.5 Å². The van der Waals surface area contributed by atoms with Gasteiger partial charge in [0, 0.05) is 43.0 Å². The molecule has 0 unspecified atom stereocenters. The van der Waals surface area contributed by atoms with Crippen molar-refractivity contribution in [3.8, 4) is 0 Å². The van der Waals surface area contributed by atoms with Crippen LogP contribution in [0.2, 0.25) is 5.02 Å². The van der Waals surface area contributed by atoms with Crippen molar-refractivity contribution in [2.45, 2.75) is 45.1 Å². The van der Waals surface area contributed by atoms with E-state index in [-0.39, 0.29) is 23.4 Å². The highest BCUT2D eigenvalue weighted by Gasteiger charge is 2.41. The largest absolute Gasteiger partial charge is 0.336 e. The van der Waals surface area contributed by atoms with E-state index in [1.54, 1.807) is 18.2 Å². The molecule has 1 amide bonds. The van der Waals surface area contributed by atoms with Crippen molar-refractivity contribution in [2.24, 2.45) is 11.8 Å². The van der Waals surface area contributed by atoms with Crippen LogP contribution in [0.1, 0.15) is 61.3 Å². The van der Waals surface area contributed by atoms with E-state index < -0.39 is 0 Å². The quantitative estimate of drug-likeness (QED) is 0.776. The maximum Gasteiger partial charge on any atom is 0.272 e. The van der Waals surface area contributed by atoms with E-state index in [2.05, 4.69) is 24.9 Å². The smallest absolute Gasteiger partial charge is 0.272 e. The number of carbonyl (C=O) groups excluding carboxylic acids is 1. The molecular formula is C22H26ClN3O2. The number of carbonyl (C=O) groups is 1. The lowest BCUT2D eigenvalue weighted by atomic mass is 9.76. The lowest BCUT2D eigenvalue weighted by Crippen LogP contribution is -2.51. The zero-order chi connectivity index (χ0) is 19.8. The van der Waals surface area contributed by atoms with Gasteiger partial charge in [-0.15, -0.1) is 0 Å². The van der Waals surface area contributed by atoms with Gasteiger partial charge in [0.05, 0.1) is 5.02 Å². The molecule has 3 atom stereocenters. The lowest BCUT2D eigenvalue weighted by Gasteiger charge is -2.47. The average molecular weight is 400 g/mol. The molecule has 0 spiro atoms. The SMILES string of the molecule is CC(C)CC[C@H]1[C@H]2C[C@H](CN(C(=O)c3ccc(Cl)cn3)C2)c2cccc(=O)n21. The number of pyridine rings is 2. The predicted molar refractivity (Wildman–Crippen MR) is 110 cm³/mol. The molecule has 2 aliphatic rings.